The number of aliphatic carboxylic acids is 1. The summed E-state index contributed by atoms with van der Waals surface area (Å²) >= 11 is 0. The molecule has 0 spiro atoms. The van der Waals surface area contributed by atoms with E-state index in [1.807, 2.05) is 0 Å². The Balaban J connectivity index is 2.24. The van der Waals surface area contributed by atoms with E-state index in [1.54, 1.807) is 0 Å². The number of hydrogen-bond donors (Lipinski definition) is 3. The number of aliphatic hydroxyl groups excluding tert-OH is 1. The van der Waals surface area contributed by atoms with E-state index in [9.17, 15) is 4.79 Å². The summed E-state index contributed by atoms with van der Waals surface area (Å²) in [6.07, 6.45) is 0.596. The van der Waals surface area contributed by atoms with Gasteiger partial charge in [0.25, 0.3) is 0 Å². The van der Waals surface area contributed by atoms with Crippen LogP contribution in [-0.2, 0) is 4.79 Å². The van der Waals surface area contributed by atoms with Crippen LogP contribution >= 0.6 is 0 Å². The standard InChI is InChI=1S/C7H13NO3/c9-4-6(7(10)11)1-5-2-8-3-5/h5-6,8-9H,1-4H2,(H,10,11). The van der Waals surface area contributed by atoms with Crippen LogP contribution in [0.15, 0.2) is 0 Å². The quantitative estimate of drug-likeness (QED) is 0.507. The topological polar surface area (TPSA) is 69.6 Å². The van der Waals surface area contributed by atoms with E-state index in [0.717, 1.165) is 13.1 Å². The number of hydrogen-bond acceptors (Lipinski definition) is 3. The number of rotatable bonds is 4. The summed E-state index contributed by atoms with van der Waals surface area (Å²) < 4.78 is 0. The van der Waals surface area contributed by atoms with Crippen LogP contribution in [-0.4, -0.2) is 35.9 Å². The van der Waals surface area contributed by atoms with E-state index in [-0.39, 0.29) is 6.61 Å². The van der Waals surface area contributed by atoms with Crippen molar-refractivity contribution in [2.24, 2.45) is 11.8 Å². The van der Waals surface area contributed by atoms with Crippen molar-refractivity contribution in [1.29, 1.82) is 0 Å². The zero-order valence-corrected chi connectivity index (χ0v) is 6.29. The van der Waals surface area contributed by atoms with Gasteiger partial charge in [-0.2, -0.15) is 0 Å². The van der Waals surface area contributed by atoms with Gasteiger partial charge in [0.15, 0.2) is 0 Å². The fraction of sp³-hybridized carbons (Fsp3) is 0.857. The molecule has 1 atom stereocenters. The first-order chi connectivity index (χ1) is 5.24. The molecule has 11 heavy (non-hydrogen) atoms. The summed E-state index contributed by atoms with van der Waals surface area (Å²) in [7, 11) is 0. The van der Waals surface area contributed by atoms with Crippen LogP contribution in [0.5, 0.6) is 0 Å². The van der Waals surface area contributed by atoms with Crippen LogP contribution in [0.25, 0.3) is 0 Å². The van der Waals surface area contributed by atoms with Gasteiger partial charge in [0.2, 0.25) is 0 Å². The van der Waals surface area contributed by atoms with Gasteiger partial charge in [0.1, 0.15) is 0 Å². The number of nitrogens with one attached hydrogen (secondary N) is 1. The van der Waals surface area contributed by atoms with Crippen molar-refractivity contribution >= 4 is 5.97 Å². The molecule has 1 fully saturated rings. The molecule has 1 unspecified atom stereocenters. The maximum Gasteiger partial charge on any atom is 0.308 e. The van der Waals surface area contributed by atoms with Crippen LogP contribution < -0.4 is 5.32 Å². The first-order valence-electron chi connectivity index (χ1n) is 3.78. The molecule has 1 rings (SSSR count). The van der Waals surface area contributed by atoms with Crippen molar-refractivity contribution in [2.75, 3.05) is 19.7 Å². The molecule has 3 N–H and O–H groups in total. The van der Waals surface area contributed by atoms with Gasteiger partial charge < -0.3 is 15.5 Å². The highest BCUT2D eigenvalue weighted by atomic mass is 16.4. The van der Waals surface area contributed by atoms with E-state index >= 15 is 0 Å². The molecule has 0 bridgehead atoms. The Morgan fingerprint density at radius 1 is 1.64 bits per heavy atom. The molecular formula is C7H13NO3. The Morgan fingerprint density at radius 2 is 2.27 bits per heavy atom. The average Bonchev–Trinajstić information content (AvgIpc) is 1.85. The minimum absolute atomic E-state index is 0.244. The number of carboxylic acid groups (broad SMARTS) is 1. The van der Waals surface area contributed by atoms with Gasteiger partial charge in [0, 0.05) is 0 Å². The fourth-order valence-electron chi connectivity index (χ4n) is 1.17. The van der Waals surface area contributed by atoms with Crippen LogP contribution in [0.3, 0.4) is 0 Å². The molecule has 1 aliphatic heterocycles. The molecule has 0 aromatic rings. The monoisotopic (exact) mass is 159 g/mol. The number of carbonyl (C=O) groups is 1. The lowest BCUT2D eigenvalue weighted by molar-refractivity contribution is -0.143. The molecule has 0 aliphatic carbocycles. The van der Waals surface area contributed by atoms with Gasteiger partial charge in [-0.25, -0.2) is 0 Å². The van der Waals surface area contributed by atoms with Gasteiger partial charge in [-0.15, -0.1) is 0 Å². The molecule has 4 nitrogen and oxygen atoms in total. The summed E-state index contributed by atoms with van der Waals surface area (Å²) in [5.74, 6) is -1.01. The average molecular weight is 159 g/mol. The Hall–Kier alpha value is -0.610. The van der Waals surface area contributed by atoms with Gasteiger partial charge in [-0.3, -0.25) is 4.79 Å². The Bertz CT molecular complexity index is 145. The van der Waals surface area contributed by atoms with Crippen LogP contribution in [0, 0.1) is 11.8 Å². The zero-order chi connectivity index (χ0) is 8.27. The molecule has 0 aromatic carbocycles. The van der Waals surface area contributed by atoms with E-state index in [0.29, 0.717) is 12.3 Å². The molecule has 1 aliphatic rings. The van der Waals surface area contributed by atoms with E-state index in [2.05, 4.69) is 5.32 Å². The number of carboxylic acids is 1. The lowest BCUT2D eigenvalue weighted by Gasteiger charge is -2.28. The molecule has 1 saturated heterocycles. The molecule has 64 valence electrons. The Kier molecular flexibility index (Phi) is 2.84. The van der Waals surface area contributed by atoms with Crippen LogP contribution in [0.4, 0.5) is 0 Å². The molecule has 0 aromatic heterocycles. The highest BCUT2D eigenvalue weighted by Crippen LogP contribution is 2.15. The minimum atomic E-state index is -0.889. The van der Waals surface area contributed by atoms with Gasteiger partial charge in [0.05, 0.1) is 12.5 Å². The van der Waals surface area contributed by atoms with Crippen molar-refractivity contribution in [3.8, 4) is 0 Å². The third kappa shape index (κ3) is 2.17. The molecule has 0 radical (unpaired) electrons. The largest absolute Gasteiger partial charge is 0.481 e. The fourth-order valence-corrected chi connectivity index (χ4v) is 1.17. The minimum Gasteiger partial charge on any atom is -0.481 e. The van der Waals surface area contributed by atoms with Gasteiger partial charge in [-0.1, -0.05) is 0 Å². The molecule has 0 amide bonds. The molecule has 4 heteroatoms. The predicted octanol–water partition coefficient (Wildman–Crippen LogP) is -0.711. The van der Waals surface area contributed by atoms with Gasteiger partial charge in [-0.05, 0) is 25.4 Å². The van der Waals surface area contributed by atoms with Crippen LogP contribution in [0.2, 0.25) is 0 Å². The smallest absolute Gasteiger partial charge is 0.308 e. The summed E-state index contributed by atoms with van der Waals surface area (Å²) in [6, 6.07) is 0. The predicted molar refractivity (Wildman–Crippen MR) is 39.2 cm³/mol. The summed E-state index contributed by atoms with van der Waals surface area (Å²) in [5.41, 5.74) is 0. The maximum atomic E-state index is 10.4. The van der Waals surface area contributed by atoms with E-state index in [4.69, 9.17) is 10.2 Å². The van der Waals surface area contributed by atoms with Crippen molar-refractivity contribution in [3.63, 3.8) is 0 Å². The summed E-state index contributed by atoms with van der Waals surface area (Å²) in [6.45, 7) is 1.54. The third-order valence-electron chi connectivity index (χ3n) is 2.05. The second-order valence-corrected chi connectivity index (χ2v) is 2.98. The second kappa shape index (κ2) is 3.69. The van der Waals surface area contributed by atoms with Gasteiger partial charge >= 0.3 is 5.97 Å². The Labute approximate surface area is 65.2 Å². The Morgan fingerprint density at radius 3 is 2.55 bits per heavy atom. The third-order valence-corrected chi connectivity index (χ3v) is 2.05. The summed E-state index contributed by atoms with van der Waals surface area (Å²) in [5, 5.41) is 20.3. The first-order valence-corrected chi connectivity index (χ1v) is 3.78. The highest BCUT2D eigenvalue weighted by molar-refractivity contribution is 5.70. The summed E-state index contributed by atoms with van der Waals surface area (Å²) in [4.78, 5) is 10.4. The normalized spacial score (nSPS) is 20.8. The van der Waals surface area contributed by atoms with Crippen molar-refractivity contribution in [2.45, 2.75) is 6.42 Å². The first kappa shape index (κ1) is 8.49. The molecular weight excluding hydrogens is 146 g/mol. The molecule has 1 heterocycles. The van der Waals surface area contributed by atoms with Crippen molar-refractivity contribution in [3.05, 3.63) is 0 Å². The SMILES string of the molecule is O=C(O)C(CO)CC1CNC1. The van der Waals surface area contributed by atoms with Crippen molar-refractivity contribution < 1.29 is 15.0 Å². The lowest BCUT2D eigenvalue weighted by atomic mass is 9.91. The van der Waals surface area contributed by atoms with Crippen LogP contribution in [0.1, 0.15) is 6.42 Å². The number of aliphatic hydroxyl groups is 1. The maximum absolute atomic E-state index is 10.4. The van der Waals surface area contributed by atoms with E-state index in [1.165, 1.54) is 0 Å². The zero-order valence-electron chi connectivity index (χ0n) is 6.29. The van der Waals surface area contributed by atoms with Crippen molar-refractivity contribution in [1.82, 2.24) is 5.32 Å². The van der Waals surface area contributed by atoms with E-state index < -0.39 is 11.9 Å². The highest BCUT2D eigenvalue weighted by Gasteiger charge is 2.25. The second-order valence-electron chi connectivity index (χ2n) is 2.98. The lowest BCUT2D eigenvalue weighted by Crippen LogP contribution is -2.43. The molecule has 0 saturated carbocycles.